The van der Waals surface area contributed by atoms with E-state index in [1.807, 2.05) is 111 Å². The van der Waals surface area contributed by atoms with Crippen LogP contribution in [-0.2, 0) is 13.2 Å². The Labute approximate surface area is 244 Å². The van der Waals surface area contributed by atoms with Gasteiger partial charge in [-0.15, -0.1) is 13.2 Å². The van der Waals surface area contributed by atoms with Crippen molar-refractivity contribution in [2.75, 3.05) is 28.2 Å². The summed E-state index contributed by atoms with van der Waals surface area (Å²) in [6.07, 6.45) is 3.63. The molecule has 0 amide bonds. The number of likely N-dealkylation sites (N-methyl/N-ethyl adjacent to an activating group) is 2. The molecule has 0 bridgehead atoms. The third-order valence-corrected chi connectivity index (χ3v) is 6.70. The molecule has 2 heterocycles. The number of hydrogen-bond acceptors (Lipinski definition) is 8. The topological polar surface area (TPSA) is 77.0 Å². The molecule has 0 aliphatic carbocycles. The van der Waals surface area contributed by atoms with Crippen LogP contribution in [0.25, 0.3) is 0 Å². The zero-order valence-corrected chi connectivity index (χ0v) is 24.9. The largest absolute Gasteiger partial charge is 0.471 e. The van der Waals surface area contributed by atoms with Gasteiger partial charge in [0, 0.05) is 6.07 Å². The van der Waals surface area contributed by atoms with Crippen molar-refractivity contribution < 1.29 is 18.5 Å². The lowest BCUT2D eigenvalue weighted by Crippen LogP contribution is -2.17. The van der Waals surface area contributed by atoms with Crippen LogP contribution in [0.2, 0.25) is 0 Å². The van der Waals surface area contributed by atoms with Crippen LogP contribution >= 0.6 is 22.6 Å². The third kappa shape index (κ3) is 8.81. The van der Waals surface area contributed by atoms with Gasteiger partial charge in [-0.25, -0.2) is 0 Å². The van der Waals surface area contributed by atoms with Gasteiger partial charge in [0.05, 0.1) is 12.1 Å². The molecule has 0 saturated carbocycles. The fraction of sp³-hybridized carbons (Fsp3) is 0.267. The van der Waals surface area contributed by atoms with Gasteiger partial charge in [0.2, 0.25) is 0 Å². The molecule has 9 heteroatoms. The van der Waals surface area contributed by atoms with Crippen molar-refractivity contribution in [3.63, 3.8) is 0 Å². The van der Waals surface area contributed by atoms with Crippen LogP contribution < -0.4 is 9.47 Å². The molecule has 0 N–H and O–H groups in total. The van der Waals surface area contributed by atoms with E-state index in [9.17, 15) is 0 Å². The van der Waals surface area contributed by atoms with Crippen LogP contribution in [0.3, 0.4) is 0 Å². The minimum atomic E-state index is -0.0107. The summed E-state index contributed by atoms with van der Waals surface area (Å²) in [6.45, 7) is 8.58. The van der Waals surface area contributed by atoms with Gasteiger partial charge in [0.15, 0.2) is 11.5 Å². The Morgan fingerprint density at radius 2 is 1.33 bits per heavy atom. The second kappa shape index (κ2) is 15.2. The minimum absolute atomic E-state index is 0.00146. The van der Waals surface area contributed by atoms with Crippen molar-refractivity contribution in [2.45, 2.75) is 25.3 Å². The summed E-state index contributed by atoms with van der Waals surface area (Å²) < 4.78 is 22.9. The summed E-state index contributed by atoms with van der Waals surface area (Å²) in [6, 6.07) is 21.7. The van der Waals surface area contributed by atoms with Crippen molar-refractivity contribution >= 4 is 22.6 Å². The van der Waals surface area contributed by atoms with Crippen LogP contribution in [0.4, 0.5) is 0 Å². The van der Waals surface area contributed by atoms with Crippen molar-refractivity contribution in [1.29, 1.82) is 0 Å². The molecule has 206 valence electrons. The van der Waals surface area contributed by atoms with Crippen LogP contribution in [0.15, 0.2) is 101 Å². The molecule has 4 aromatic rings. The van der Waals surface area contributed by atoms with E-state index in [1.165, 1.54) is 0 Å². The summed E-state index contributed by atoms with van der Waals surface area (Å²) in [5.74, 6) is 2.50. The summed E-state index contributed by atoms with van der Waals surface area (Å²) in [7, 11) is 7.85. The van der Waals surface area contributed by atoms with E-state index in [4.69, 9.17) is 18.5 Å². The molecule has 0 unspecified atom stereocenters. The van der Waals surface area contributed by atoms with Gasteiger partial charge in [0.1, 0.15) is 16.8 Å². The highest BCUT2D eigenvalue weighted by Gasteiger charge is 2.23. The zero-order chi connectivity index (χ0) is 28.2. The van der Waals surface area contributed by atoms with Crippen molar-refractivity contribution in [2.24, 2.45) is 0 Å². The lowest BCUT2D eigenvalue weighted by atomic mass is 10.2. The number of ether oxygens (including phenoxy) is 2. The van der Waals surface area contributed by atoms with Crippen LogP contribution in [-0.4, -0.2) is 48.3 Å². The highest BCUT2D eigenvalue weighted by molar-refractivity contribution is 14.1. The Balaban J connectivity index is 0.000000216. The molecule has 0 fully saturated rings. The number of halogens is 1. The maximum Gasteiger partial charge on any atom is 0.268 e. The van der Waals surface area contributed by atoms with E-state index in [0.29, 0.717) is 25.0 Å². The third-order valence-electron chi connectivity index (χ3n) is 5.71. The molecule has 39 heavy (non-hydrogen) atoms. The molecular weight excluding hydrogens is 607 g/mol. The molecule has 2 aromatic heterocycles. The number of nitrogens with zero attached hydrogens (tertiary/aromatic N) is 4. The monoisotopic (exact) mass is 642 g/mol. The minimum Gasteiger partial charge on any atom is -0.471 e. The van der Waals surface area contributed by atoms with E-state index in [2.05, 4.69) is 46.1 Å². The zero-order valence-electron chi connectivity index (χ0n) is 22.8. The quantitative estimate of drug-likeness (QED) is 0.125. The molecule has 4 rings (SSSR count). The summed E-state index contributed by atoms with van der Waals surface area (Å²) in [5.41, 5.74) is 2.20. The molecule has 0 aliphatic heterocycles. The van der Waals surface area contributed by atoms with Gasteiger partial charge in [-0.1, -0.05) is 72.8 Å². The maximum atomic E-state index is 5.71. The lowest BCUT2D eigenvalue weighted by molar-refractivity contribution is 0.248. The van der Waals surface area contributed by atoms with Gasteiger partial charge in [-0.05, 0) is 72.2 Å². The second-order valence-electron chi connectivity index (χ2n) is 9.07. The standard InChI is InChI=1S/C15H17IN2O2.C15H18N2O2/c1-4-12(18(2)3)14-13(16)15(17-20-14)19-10-11-8-6-5-7-9-11;1-4-13(17(2)3)14-10-15(16-19-14)18-11-12-8-6-5-7-9-12/h4-9,12H,1,10H2,2-3H3;4-10,13H,1,11H2,2-3H3/t12-;13-/m00/s1. The second-order valence-corrected chi connectivity index (χ2v) is 10.1. The predicted molar refractivity (Wildman–Crippen MR) is 161 cm³/mol. The van der Waals surface area contributed by atoms with E-state index in [1.54, 1.807) is 6.07 Å². The maximum absolute atomic E-state index is 5.71. The fourth-order valence-electron chi connectivity index (χ4n) is 3.62. The number of benzene rings is 2. The van der Waals surface area contributed by atoms with E-state index in [-0.39, 0.29) is 12.1 Å². The van der Waals surface area contributed by atoms with Crippen LogP contribution in [0.5, 0.6) is 11.8 Å². The Morgan fingerprint density at radius 1 is 0.795 bits per heavy atom. The van der Waals surface area contributed by atoms with Gasteiger partial charge in [0.25, 0.3) is 11.8 Å². The molecule has 0 saturated heterocycles. The van der Waals surface area contributed by atoms with Gasteiger partial charge >= 0.3 is 0 Å². The molecule has 0 radical (unpaired) electrons. The summed E-state index contributed by atoms with van der Waals surface area (Å²) in [4.78, 5) is 4.01. The van der Waals surface area contributed by atoms with Crippen LogP contribution in [0.1, 0.15) is 34.7 Å². The highest BCUT2D eigenvalue weighted by atomic mass is 127. The lowest BCUT2D eigenvalue weighted by Gasteiger charge is -2.17. The Bertz CT molecular complexity index is 1290. The Hall–Kier alpha value is -3.41. The molecule has 2 atom stereocenters. The van der Waals surface area contributed by atoms with Crippen molar-refractivity contribution in [1.82, 2.24) is 20.1 Å². The van der Waals surface area contributed by atoms with E-state index >= 15 is 0 Å². The first-order chi connectivity index (χ1) is 18.8. The number of rotatable bonds is 12. The predicted octanol–water partition coefficient (Wildman–Crippen LogP) is 6.69. The smallest absolute Gasteiger partial charge is 0.268 e. The summed E-state index contributed by atoms with van der Waals surface area (Å²) in [5, 5.41) is 7.91. The van der Waals surface area contributed by atoms with Gasteiger partial charge in [-0.2, -0.15) is 0 Å². The van der Waals surface area contributed by atoms with Crippen LogP contribution in [0, 0.1) is 3.57 Å². The average Bonchev–Trinajstić information content (AvgIpc) is 3.55. The van der Waals surface area contributed by atoms with E-state index in [0.717, 1.165) is 26.2 Å². The van der Waals surface area contributed by atoms with Crippen molar-refractivity contribution in [3.8, 4) is 11.8 Å². The summed E-state index contributed by atoms with van der Waals surface area (Å²) >= 11 is 2.20. The molecule has 8 nitrogen and oxygen atoms in total. The Kier molecular flexibility index (Phi) is 11.8. The average molecular weight is 643 g/mol. The molecule has 2 aromatic carbocycles. The normalized spacial score (nSPS) is 12.4. The highest BCUT2D eigenvalue weighted by Crippen LogP contribution is 2.31. The first-order valence-electron chi connectivity index (χ1n) is 12.4. The number of aromatic nitrogens is 2. The van der Waals surface area contributed by atoms with Gasteiger partial charge < -0.3 is 18.5 Å². The first kappa shape index (κ1) is 30.1. The van der Waals surface area contributed by atoms with E-state index < -0.39 is 0 Å². The van der Waals surface area contributed by atoms with Crippen molar-refractivity contribution in [3.05, 3.63) is 118 Å². The molecule has 0 aliphatic rings. The Morgan fingerprint density at radius 3 is 1.85 bits per heavy atom. The number of hydrogen-bond donors (Lipinski definition) is 0. The fourth-order valence-corrected chi connectivity index (χ4v) is 4.29. The molecule has 0 spiro atoms. The van der Waals surface area contributed by atoms with Gasteiger partial charge in [-0.3, -0.25) is 9.80 Å². The first-order valence-corrected chi connectivity index (χ1v) is 13.4. The molecular formula is C30H35IN4O4. The SMILES string of the molecule is C=C[C@@H](c1cc(OCc2ccccc2)no1)N(C)C.C=C[C@@H](c1onc(OCc2ccccc2)c1I)N(C)C.